The van der Waals surface area contributed by atoms with E-state index < -0.39 is 44.6 Å². The third kappa shape index (κ3) is 8.11. The monoisotopic (exact) mass is 584 g/mol. The van der Waals surface area contributed by atoms with Gasteiger partial charge in [0.2, 0.25) is 0 Å². The lowest BCUT2D eigenvalue weighted by Crippen LogP contribution is -2.15. The molecule has 0 amide bonds. The molecule has 11 heteroatoms. The van der Waals surface area contributed by atoms with Gasteiger partial charge in [-0.05, 0) is 79.6 Å². The van der Waals surface area contributed by atoms with Gasteiger partial charge in [-0.2, -0.15) is 26.3 Å². The average molecular weight is 585 g/mol. The number of aryl methyl sites for hydroxylation is 2. The molecule has 0 atom stereocenters. The minimum Gasteiger partial charge on any atom is -0.744 e. The molecule has 4 aromatic carbocycles. The van der Waals surface area contributed by atoms with Crippen molar-refractivity contribution in [2.45, 2.75) is 45.8 Å². The third-order valence-electron chi connectivity index (χ3n) is 5.27. The normalized spacial score (nSPS) is 12.2. The minimum atomic E-state index is -5.52. The van der Waals surface area contributed by atoms with E-state index in [2.05, 4.69) is 92.7 Å². The summed E-state index contributed by atoms with van der Waals surface area (Å²) in [5.74, 6) is 0. The lowest BCUT2D eigenvalue weighted by atomic mass is 10.1. The van der Waals surface area contributed by atoms with Crippen LogP contribution in [0.2, 0.25) is 0 Å². The lowest BCUT2D eigenvalue weighted by molar-refractivity contribution is -0.144. The van der Waals surface area contributed by atoms with Gasteiger partial charge in [0.25, 0.3) is 0 Å². The molecule has 0 aromatic heterocycles. The topological polar surface area (TPSA) is 57.2 Å². The van der Waals surface area contributed by atoms with E-state index in [4.69, 9.17) is 0 Å². The number of benzene rings is 4. The van der Waals surface area contributed by atoms with Gasteiger partial charge in [0.15, 0.2) is 14.7 Å². The molecule has 4 aromatic rings. The molecule has 0 aliphatic heterocycles. The van der Waals surface area contributed by atoms with E-state index in [1.165, 1.54) is 25.8 Å². The van der Waals surface area contributed by atoms with Gasteiger partial charge in [-0.1, -0.05) is 42.5 Å². The van der Waals surface area contributed by atoms with Crippen LogP contribution in [-0.2, 0) is 33.4 Å². The van der Waals surface area contributed by atoms with E-state index in [0.717, 1.165) is 0 Å². The minimum absolute atomic E-state index is 0.00597. The molecule has 0 saturated carbocycles. The van der Waals surface area contributed by atoms with Gasteiger partial charge < -0.3 is 4.55 Å². The number of halogens is 6. The van der Waals surface area contributed by atoms with Gasteiger partial charge in [0.05, 0.1) is 26.9 Å². The summed E-state index contributed by atoms with van der Waals surface area (Å²) in [4.78, 5) is 2.40. The maximum Gasteiger partial charge on any atom is 0.417 e. The second-order valence-corrected chi connectivity index (χ2v) is 11.8. The third-order valence-corrected chi connectivity index (χ3v) is 8.36. The summed E-state index contributed by atoms with van der Waals surface area (Å²) in [6, 6.07) is 28.1. The molecular formula is C28H22F6O3S2. The number of rotatable bonds is 4. The van der Waals surface area contributed by atoms with E-state index in [-0.39, 0.29) is 23.0 Å². The summed E-state index contributed by atoms with van der Waals surface area (Å²) >= 11 is 0. The molecule has 39 heavy (non-hydrogen) atoms. The Kier molecular flexibility index (Phi) is 9.20. The fraction of sp³-hybridized carbons (Fsp3) is 0.143. The maximum atomic E-state index is 12.4. The molecular weight excluding hydrogens is 562 g/mol. The molecule has 3 nitrogen and oxygen atoms in total. The number of hydrogen-bond donors (Lipinski definition) is 0. The highest BCUT2D eigenvalue weighted by atomic mass is 32.2. The standard InChI is InChI=1S/C20H19S.C8H4F6O3S/c1-16-13-17(2)15-20(14-16)21(18-9-5-3-6-10-18)19-11-7-4-8-12-19;9-7(10,11)4-1-2-6(18(15,16)17)5(3-4)8(12,13)14/h3-15H,1-2H3;1-3H,(H,15,16,17)/q+1;/p-1. The molecule has 0 heterocycles. The van der Waals surface area contributed by atoms with Crippen LogP contribution in [0.15, 0.2) is 117 Å². The zero-order valence-electron chi connectivity index (χ0n) is 20.5. The van der Waals surface area contributed by atoms with Crippen molar-refractivity contribution in [3.8, 4) is 0 Å². The first-order chi connectivity index (χ1) is 18.1. The highest BCUT2D eigenvalue weighted by molar-refractivity contribution is 7.97. The van der Waals surface area contributed by atoms with Crippen LogP contribution in [0, 0.1) is 13.8 Å². The zero-order valence-corrected chi connectivity index (χ0v) is 22.2. The Morgan fingerprint density at radius 2 is 1.08 bits per heavy atom. The van der Waals surface area contributed by atoms with Crippen LogP contribution in [0.25, 0.3) is 0 Å². The van der Waals surface area contributed by atoms with Gasteiger partial charge >= 0.3 is 12.4 Å². The first-order valence-electron chi connectivity index (χ1n) is 11.2. The van der Waals surface area contributed by atoms with E-state index in [1.54, 1.807) is 0 Å². The summed E-state index contributed by atoms with van der Waals surface area (Å²) in [5, 5.41) is 0. The Bertz CT molecular complexity index is 1460. The summed E-state index contributed by atoms with van der Waals surface area (Å²) < 4.78 is 105. The van der Waals surface area contributed by atoms with Gasteiger partial charge in [-0.3, -0.25) is 0 Å². The van der Waals surface area contributed by atoms with E-state index in [1.807, 2.05) is 0 Å². The van der Waals surface area contributed by atoms with Crippen LogP contribution >= 0.6 is 0 Å². The Balaban J connectivity index is 0.000000219. The number of alkyl halides is 6. The van der Waals surface area contributed by atoms with Gasteiger partial charge in [0.1, 0.15) is 10.1 Å². The number of hydrogen-bond acceptors (Lipinski definition) is 3. The van der Waals surface area contributed by atoms with Crippen LogP contribution in [0.5, 0.6) is 0 Å². The molecule has 0 radical (unpaired) electrons. The summed E-state index contributed by atoms with van der Waals surface area (Å²) in [5.41, 5.74) is -1.17. The van der Waals surface area contributed by atoms with Crippen LogP contribution in [-0.4, -0.2) is 13.0 Å². The van der Waals surface area contributed by atoms with Crippen molar-refractivity contribution in [3.63, 3.8) is 0 Å². The Morgan fingerprint density at radius 1 is 0.615 bits per heavy atom. The smallest absolute Gasteiger partial charge is 0.417 e. The van der Waals surface area contributed by atoms with E-state index in [0.29, 0.717) is 0 Å². The highest BCUT2D eigenvalue weighted by Gasteiger charge is 2.39. The van der Waals surface area contributed by atoms with Gasteiger partial charge in [0, 0.05) is 0 Å². The van der Waals surface area contributed by atoms with E-state index in [9.17, 15) is 39.3 Å². The largest absolute Gasteiger partial charge is 0.744 e. The molecule has 0 aliphatic rings. The fourth-order valence-corrected chi connectivity index (χ4v) is 6.68. The summed E-state index contributed by atoms with van der Waals surface area (Å²) in [7, 11) is -5.55. The molecule has 4 rings (SSSR count). The molecule has 0 aliphatic carbocycles. The molecule has 0 spiro atoms. The van der Waals surface area contributed by atoms with Crippen molar-refractivity contribution < 1.29 is 39.3 Å². The van der Waals surface area contributed by atoms with Crippen molar-refractivity contribution in [3.05, 3.63) is 119 Å². The SMILES string of the molecule is Cc1cc(C)cc([S+](c2ccccc2)c2ccccc2)c1.O=S(=O)([O-])c1ccc(C(F)(F)F)cc1C(F)(F)F. The second-order valence-electron chi connectivity index (χ2n) is 8.42. The first-order valence-corrected chi connectivity index (χ1v) is 13.9. The van der Waals surface area contributed by atoms with Crippen molar-refractivity contribution in [1.29, 1.82) is 0 Å². The molecule has 0 fully saturated rings. The fourth-order valence-electron chi connectivity index (χ4n) is 3.72. The van der Waals surface area contributed by atoms with Crippen LogP contribution in [0.3, 0.4) is 0 Å². The van der Waals surface area contributed by atoms with E-state index >= 15 is 0 Å². The average Bonchev–Trinajstić information content (AvgIpc) is 2.83. The predicted molar refractivity (Wildman–Crippen MR) is 135 cm³/mol. The molecule has 0 unspecified atom stereocenters. The lowest BCUT2D eigenvalue weighted by Gasteiger charge is -2.17. The Morgan fingerprint density at radius 3 is 1.46 bits per heavy atom. The predicted octanol–water partition coefficient (Wildman–Crippen LogP) is 8.03. The zero-order chi connectivity index (χ0) is 29.0. The molecule has 206 valence electrons. The van der Waals surface area contributed by atoms with Crippen molar-refractivity contribution in [1.82, 2.24) is 0 Å². The Labute approximate surface area is 225 Å². The summed E-state index contributed by atoms with van der Waals surface area (Å²) in [6.07, 6.45) is -10.5. The first kappa shape index (κ1) is 30.3. The van der Waals surface area contributed by atoms with Gasteiger partial charge in [-0.15, -0.1) is 0 Å². The highest BCUT2D eigenvalue weighted by Crippen LogP contribution is 2.38. The van der Waals surface area contributed by atoms with Crippen LogP contribution < -0.4 is 0 Å². The molecule has 0 bridgehead atoms. The molecule has 0 saturated heterocycles. The molecule has 0 N–H and O–H groups in total. The Hall–Kier alpha value is -3.28. The quantitative estimate of drug-likeness (QED) is 0.139. The van der Waals surface area contributed by atoms with Crippen LogP contribution in [0.4, 0.5) is 26.3 Å². The van der Waals surface area contributed by atoms with Crippen molar-refractivity contribution in [2.24, 2.45) is 0 Å². The van der Waals surface area contributed by atoms with Crippen molar-refractivity contribution in [2.75, 3.05) is 0 Å². The van der Waals surface area contributed by atoms with Gasteiger partial charge in [-0.25, -0.2) is 8.42 Å². The summed E-state index contributed by atoms with van der Waals surface area (Å²) in [6.45, 7) is 4.35. The second kappa shape index (κ2) is 11.8. The van der Waals surface area contributed by atoms with Crippen LogP contribution in [0.1, 0.15) is 22.3 Å². The van der Waals surface area contributed by atoms with Crippen molar-refractivity contribution >= 4 is 21.0 Å². The maximum absolute atomic E-state index is 12.4.